The Morgan fingerprint density at radius 1 is 1.39 bits per heavy atom. The van der Waals surface area contributed by atoms with Gasteiger partial charge in [-0.05, 0) is 5.56 Å². The molecule has 0 radical (unpaired) electrons. The summed E-state index contributed by atoms with van der Waals surface area (Å²) in [5.74, 6) is 0.440. The van der Waals surface area contributed by atoms with Gasteiger partial charge in [0.05, 0.1) is 0 Å². The monoisotopic (exact) mass is 283 g/mol. The fraction of sp³-hybridized carbons (Fsp3) is 0.250. The third kappa shape index (κ3) is 1.74. The van der Waals surface area contributed by atoms with Crippen molar-refractivity contribution in [2.75, 3.05) is 0 Å². The third-order valence-corrected chi connectivity index (χ3v) is 4.16. The zero-order valence-corrected chi connectivity index (χ0v) is 11.1. The molecule has 0 N–H and O–H groups in total. The van der Waals surface area contributed by atoms with Gasteiger partial charge in [-0.15, -0.1) is 0 Å². The smallest absolute Gasteiger partial charge is 0.238 e. The van der Waals surface area contributed by atoms with Crippen molar-refractivity contribution in [1.82, 2.24) is 5.16 Å². The number of halogens is 1. The molecule has 0 aliphatic heterocycles. The Morgan fingerprint density at radius 3 is 2.83 bits per heavy atom. The second kappa shape index (κ2) is 3.83. The number of hydrogen-bond donors (Lipinski definition) is 0. The van der Waals surface area contributed by atoms with E-state index in [0.29, 0.717) is 11.5 Å². The summed E-state index contributed by atoms with van der Waals surface area (Å²) in [7, 11) is 1.65. The molecule has 1 aromatic heterocycles. The minimum absolute atomic E-state index is 0.0795. The van der Waals surface area contributed by atoms with E-state index in [2.05, 4.69) is 5.16 Å². The Morgan fingerprint density at radius 2 is 2.11 bits per heavy atom. The van der Waals surface area contributed by atoms with Crippen molar-refractivity contribution in [3.8, 4) is 11.3 Å². The summed E-state index contributed by atoms with van der Waals surface area (Å²) in [5, 5.41) is 3.83. The summed E-state index contributed by atoms with van der Waals surface area (Å²) < 4.78 is 27.6. The summed E-state index contributed by atoms with van der Waals surface area (Å²) in [6.45, 7) is 2.01. The molecule has 6 heteroatoms. The highest BCUT2D eigenvalue weighted by atomic mass is 35.7. The van der Waals surface area contributed by atoms with E-state index in [1.165, 1.54) is 0 Å². The molecule has 1 atom stereocenters. The molecule has 1 aromatic carbocycles. The molecule has 18 heavy (non-hydrogen) atoms. The SMILES string of the molecule is CC1c2ccccc2-c2onc(CS(=O)(=O)Cl)c21. The molecular weight excluding hydrogens is 274 g/mol. The molecule has 0 saturated heterocycles. The van der Waals surface area contributed by atoms with Gasteiger partial charge in [0.2, 0.25) is 9.05 Å². The molecule has 0 saturated carbocycles. The quantitative estimate of drug-likeness (QED) is 0.795. The van der Waals surface area contributed by atoms with Crippen molar-refractivity contribution in [3.63, 3.8) is 0 Å². The van der Waals surface area contributed by atoms with E-state index in [-0.39, 0.29) is 11.7 Å². The normalized spacial score (nSPS) is 17.6. The lowest BCUT2D eigenvalue weighted by molar-refractivity contribution is 0.426. The van der Waals surface area contributed by atoms with Crippen LogP contribution in [-0.2, 0) is 14.8 Å². The Hall–Kier alpha value is -1.33. The molecule has 0 amide bonds. The number of fused-ring (bicyclic) bond motifs is 3. The summed E-state index contributed by atoms with van der Waals surface area (Å²) in [4.78, 5) is 0. The van der Waals surface area contributed by atoms with E-state index in [0.717, 1.165) is 16.7 Å². The molecule has 2 aromatic rings. The molecule has 3 rings (SSSR count). The van der Waals surface area contributed by atoms with E-state index >= 15 is 0 Å². The predicted molar refractivity (Wildman–Crippen MR) is 67.9 cm³/mol. The maximum Gasteiger partial charge on any atom is 0.238 e. The fourth-order valence-corrected chi connectivity index (χ4v) is 3.32. The van der Waals surface area contributed by atoms with Crippen LogP contribution in [0.4, 0.5) is 0 Å². The van der Waals surface area contributed by atoms with Crippen LogP contribution in [0.1, 0.15) is 29.7 Å². The van der Waals surface area contributed by atoms with Crippen molar-refractivity contribution >= 4 is 19.7 Å². The van der Waals surface area contributed by atoms with Crippen molar-refractivity contribution in [2.45, 2.75) is 18.6 Å². The molecule has 1 aliphatic rings. The highest BCUT2D eigenvalue weighted by Crippen LogP contribution is 2.46. The molecular formula is C12H10ClNO3S. The van der Waals surface area contributed by atoms with Crippen molar-refractivity contribution < 1.29 is 12.9 Å². The molecule has 1 aliphatic carbocycles. The highest BCUT2D eigenvalue weighted by Gasteiger charge is 2.33. The van der Waals surface area contributed by atoms with E-state index in [4.69, 9.17) is 15.2 Å². The van der Waals surface area contributed by atoms with E-state index in [1.807, 2.05) is 31.2 Å². The zero-order chi connectivity index (χ0) is 12.9. The van der Waals surface area contributed by atoms with Crippen LogP contribution in [0.15, 0.2) is 28.8 Å². The molecule has 1 heterocycles. The topological polar surface area (TPSA) is 60.2 Å². The first-order chi connectivity index (χ1) is 8.47. The Balaban J connectivity index is 2.15. The van der Waals surface area contributed by atoms with Crippen molar-refractivity contribution in [3.05, 3.63) is 41.1 Å². The van der Waals surface area contributed by atoms with Gasteiger partial charge in [0.1, 0.15) is 11.4 Å². The number of rotatable bonds is 2. The maximum atomic E-state index is 11.2. The average molecular weight is 284 g/mol. The van der Waals surface area contributed by atoms with Gasteiger partial charge in [-0.1, -0.05) is 36.3 Å². The summed E-state index contributed by atoms with van der Waals surface area (Å²) in [5.41, 5.74) is 3.34. The summed E-state index contributed by atoms with van der Waals surface area (Å²) in [6, 6.07) is 7.82. The molecule has 94 valence electrons. The zero-order valence-electron chi connectivity index (χ0n) is 9.55. The van der Waals surface area contributed by atoms with Crippen LogP contribution in [0.25, 0.3) is 11.3 Å². The highest BCUT2D eigenvalue weighted by molar-refractivity contribution is 8.13. The van der Waals surface area contributed by atoms with Crippen LogP contribution in [0.2, 0.25) is 0 Å². The van der Waals surface area contributed by atoms with E-state index < -0.39 is 9.05 Å². The molecule has 0 spiro atoms. The molecule has 0 bridgehead atoms. The Bertz CT molecular complexity index is 721. The van der Waals surface area contributed by atoms with Gasteiger partial charge >= 0.3 is 0 Å². The van der Waals surface area contributed by atoms with Gasteiger partial charge in [0, 0.05) is 27.7 Å². The lowest BCUT2D eigenvalue weighted by Gasteiger charge is -2.05. The van der Waals surface area contributed by atoms with E-state index in [9.17, 15) is 8.42 Å². The predicted octanol–water partition coefficient (Wildman–Crippen LogP) is 2.88. The van der Waals surface area contributed by atoms with Gasteiger partial charge in [0.15, 0.2) is 5.76 Å². The minimum Gasteiger partial charge on any atom is -0.356 e. The van der Waals surface area contributed by atoms with Gasteiger partial charge in [-0.3, -0.25) is 0 Å². The van der Waals surface area contributed by atoms with Crippen LogP contribution in [0.3, 0.4) is 0 Å². The standard InChI is InChI=1S/C12H10ClNO3S/c1-7-8-4-2-3-5-9(8)12-11(7)10(14-17-12)6-18(13,15)16/h2-5,7H,6H2,1H3. The second-order valence-corrected chi connectivity index (χ2v) is 7.14. The van der Waals surface area contributed by atoms with Crippen LogP contribution in [-0.4, -0.2) is 13.6 Å². The van der Waals surface area contributed by atoms with Gasteiger partial charge < -0.3 is 4.52 Å². The Labute approximate surface area is 109 Å². The lowest BCUT2D eigenvalue weighted by atomic mass is 9.99. The summed E-state index contributed by atoms with van der Waals surface area (Å²) in [6.07, 6.45) is 0. The lowest BCUT2D eigenvalue weighted by Crippen LogP contribution is -2.01. The second-order valence-electron chi connectivity index (χ2n) is 4.36. The first-order valence-corrected chi connectivity index (χ1v) is 7.95. The first kappa shape index (κ1) is 11.7. The summed E-state index contributed by atoms with van der Waals surface area (Å²) >= 11 is 0. The van der Waals surface area contributed by atoms with Crippen molar-refractivity contribution in [1.29, 1.82) is 0 Å². The van der Waals surface area contributed by atoms with Gasteiger partial charge in [0.25, 0.3) is 0 Å². The third-order valence-electron chi connectivity index (χ3n) is 3.22. The van der Waals surface area contributed by atoms with Crippen LogP contribution < -0.4 is 0 Å². The Kier molecular flexibility index (Phi) is 2.50. The van der Waals surface area contributed by atoms with Crippen molar-refractivity contribution in [2.24, 2.45) is 0 Å². The van der Waals surface area contributed by atoms with Crippen LogP contribution >= 0.6 is 10.7 Å². The average Bonchev–Trinajstić information content (AvgIpc) is 2.80. The minimum atomic E-state index is -3.63. The molecule has 4 nitrogen and oxygen atoms in total. The van der Waals surface area contributed by atoms with Gasteiger partial charge in [-0.2, -0.15) is 0 Å². The first-order valence-electron chi connectivity index (χ1n) is 5.47. The fourth-order valence-electron chi connectivity index (χ4n) is 2.48. The van der Waals surface area contributed by atoms with Gasteiger partial charge in [-0.25, -0.2) is 8.42 Å². The number of benzene rings is 1. The largest absolute Gasteiger partial charge is 0.356 e. The van der Waals surface area contributed by atoms with E-state index in [1.54, 1.807) is 0 Å². The van der Waals surface area contributed by atoms with Crippen LogP contribution in [0, 0.1) is 0 Å². The molecule has 1 unspecified atom stereocenters. The maximum absolute atomic E-state index is 11.2. The molecule has 0 fully saturated rings. The number of aromatic nitrogens is 1. The van der Waals surface area contributed by atoms with Crippen LogP contribution in [0.5, 0.6) is 0 Å². The number of nitrogens with zero attached hydrogens (tertiary/aromatic N) is 1. The number of hydrogen-bond acceptors (Lipinski definition) is 4.